The quantitative estimate of drug-likeness (QED) is 0.852. The lowest BCUT2D eigenvalue weighted by Crippen LogP contribution is -2.51. The third-order valence-electron chi connectivity index (χ3n) is 5.17. The van der Waals surface area contributed by atoms with Gasteiger partial charge in [0.25, 0.3) is 0 Å². The minimum Gasteiger partial charge on any atom is -0.480 e. The highest BCUT2D eigenvalue weighted by atomic mass is 19.1. The fourth-order valence-electron chi connectivity index (χ4n) is 3.83. The topological polar surface area (TPSA) is 86.7 Å². The number of nitrogens with zero attached hydrogens (tertiary/aromatic N) is 1. The molecule has 7 heteroatoms. The summed E-state index contributed by atoms with van der Waals surface area (Å²) < 4.78 is 13.5. The van der Waals surface area contributed by atoms with Crippen molar-refractivity contribution in [2.45, 2.75) is 31.3 Å². The van der Waals surface area contributed by atoms with Gasteiger partial charge in [-0.1, -0.05) is 30.3 Å². The normalized spacial score (nSPS) is 21.1. The molecule has 2 atom stereocenters. The molecule has 138 valence electrons. The zero-order valence-corrected chi connectivity index (χ0v) is 14.3. The summed E-state index contributed by atoms with van der Waals surface area (Å²) in [6.07, 6.45) is 0.119. The lowest BCUT2D eigenvalue weighted by atomic mass is 9.86. The predicted octanol–water partition coefficient (Wildman–Crippen LogP) is 2.29. The molecule has 27 heavy (non-hydrogen) atoms. The Bertz CT molecular complexity index is 959. The van der Waals surface area contributed by atoms with Crippen LogP contribution in [0.5, 0.6) is 0 Å². The molecule has 0 radical (unpaired) electrons. The summed E-state index contributed by atoms with van der Waals surface area (Å²) in [6, 6.07) is 10.3. The first-order valence-corrected chi connectivity index (χ1v) is 8.63. The number of amides is 2. The SMILES string of the molecule is O=C1C[C@@H](C(=O)N2Cc3ccccc3C[C@@H]2C(=O)O)c2ccc(F)cc2N1. The summed E-state index contributed by atoms with van der Waals surface area (Å²) in [4.78, 5) is 38.4. The first-order chi connectivity index (χ1) is 12.9. The first kappa shape index (κ1) is 17.2. The number of fused-ring (bicyclic) bond motifs is 2. The van der Waals surface area contributed by atoms with Crippen LogP contribution in [0.15, 0.2) is 42.5 Å². The number of benzene rings is 2. The molecule has 2 heterocycles. The molecule has 2 aromatic carbocycles. The van der Waals surface area contributed by atoms with Crippen molar-refractivity contribution in [2.24, 2.45) is 0 Å². The Morgan fingerprint density at radius 2 is 1.85 bits per heavy atom. The van der Waals surface area contributed by atoms with Crippen LogP contribution < -0.4 is 5.32 Å². The predicted molar refractivity (Wildman–Crippen MR) is 94.5 cm³/mol. The maximum Gasteiger partial charge on any atom is 0.326 e. The highest BCUT2D eigenvalue weighted by molar-refractivity contribution is 6.01. The number of carbonyl (C=O) groups excluding carboxylic acids is 2. The second-order valence-corrected chi connectivity index (χ2v) is 6.83. The van der Waals surface area contributed by atoms with Gasteiger partial charge in [-0.3, -0.25) is 9.59 Å². The Kier molecular flexibility index (Phi) is 4.14. The molecule has 0 saturated heterocycles. The number of nitrogens with one attached hydrogen (secondary N) is 1. The van der Waals surface area contributed by atoms with Gasteiger partial charge in [0.2, 0.25) is 11.8 Å². The van der Waals surface area contributed by atoms with E-state index < -0.39 is 35.6 Å². The van der Waals surface area contributed by atoms with Crippen molar-refractivity contribution in [1.29, 1.82) is 0 Å². The van der Waals surface area contributed by atoms with Crippen LogP contribution in [0.2, 0.25) is 0 Å². The third-order valence-corrected chi connectivity index (χ3v) is 5.17. The van der Waals surface area contributed by atoms with Crippen LogP contribution in [0, 0.1) is 5.82 Å². The molecule has 0 unspecified atom stereocenters. The van der Waals surface area contributed by atoms with Crippen LogP contribution in [0.1, 0.15) is 29.0 Å². The summed E-state index contributed by atoms with van der Waals surface area (Å²) in [6.45, 7) is 0.167. The number of hydrogen-bond donors (Lipinski definition) is 2. The van der Waals surface area contributed by atoms with Crippen molar-refractivity contribution in [3.05, 3.63) is 65.0 Å². The molecule has 2 aliphatic rings. The fraction of sp³-hybridized carbons (Fsp3) is 0.250. The van der Waals surface area contributed by atoms with Gasteiger partial charge in [0.05, 0.1) is 5.92 Å². The van der Waals surface area contributed by atoms with Crippen molar-refractivity contribution in [3.63, 3.8) is 0 Å². The number of carbonyl (C=O) groups is 3. The van der Waals surface area contributed by atoms with Gasteiger partial charge in [-0.2, -0.15) is 0 Å². The Labute approximate surface area is 154 Å². The monoisotopic (exact) mass is 368 g/mol. The van der Waals surface area contributed by atoms with Gasteiger partial charge >= 0.3 is 5.97 Å². The molecule has 4 rings (SSSR count). The molecule has 0 saturated carbocycles. The van der Waals surface area contributed by atoms with Crippen molar-refractivity contribution in [1.82, 2.24) is 4.90 Å². The molecule has 0 bridgehead atoms. The number of aliphatic carboxylic acids is 1. The molecule has 0 spiro atoms. The van der Waals surface area contributed by atoms with Crippen molar-refractivity contribution in [3.8, 4) is 0 Å². The zero-order chi connectivity index (χ0) is 19.1. The molecule has 2 aliphatic heterocycles. The summed E-state index contributed by atoms with van der Waals surface area (Å²) >= 11 is 0. The van der Waals surface area contributed by atoms with Crippen LogP contribution >= 0.6 is 0 Å². The number of hydrogen-bond acceptors (Lipinski definition) is 3. The lowest BCUT2D eigenvalue weighted by molar-refractivity contribution is -0.152. The maximum atomic E-state index is 13.5. The number of rotatable bonds is 2. The second kappa shape index (κ2) is 6.50. The molecule has 2 aromatic rings. The van der Waals surface area contributed by atoms with Gasteiger partial charge in [0.1, 0.15) is 11.9 Å². The second-order valence-electron chi connectivity index (χ2n) is 6.83. The number of halogens is 1. The van der Waals surface area contributed by atoms with Crippen LogP contribution in [0.25, 0.3) is 0 Å². The van der Waals surface area contributed by atoms with Gasteiger partial charge in [-0.05, 0) is 28.8 Å². The van der Waals surface area contributed by atoms with Crippen LogP contribution in [-0.4, -0.2) is 33.8 Å². The summed E-state index contributed by atoms with van der Waals surface area (Å²) in [7, 11) is 0. The average molecular weight is 368 g/mol. The van der Waals surface area contributed by atoms with Crippen LogP contribution in [0.3, 0.4) is 0 Å². The van der Waals surface area contributed by atoms with Crippen molar-refractivity contribution >= 4 is 23.5 Å². The van der Waals surface area contributed by atoms with E-state index in [2.05, 4.69) is 5.32 Å². The van der Waals surface area contributed by atoms with E-state index in [1.807, 2.05) is 24.3 Å². The highest BCUT2D eigenvalue weighted by Crippen LogP contribution is 2.36. The average Bonchev–Trinajstić information content (AvgIpc) is 2.65. The van der Waals surface area contributed by atoms with E-state index in [1.54, 1.807) is 0 Å². The first-order valence-electron chi connectivity index (χ1n) is 8.63. The van der Waals surface area contributed by atoms with E-state index in [-0.39, 0.29) is 25.1 Å². The molecule has 2 N–H and O–H groups in total. The van der Waals surface area contributed by atoms with E-state index in [9.17, 15) is 23.9 Å². The standard InChI is InChI=1S/C20H17FN2O4/c21-13-5-6-14-15(9-18(24)22-16(14)8-13)19(25)23-10-12-4-2-1-3-11(12)7-17(23)20(26)27/h1-6,8,15,17H,7,9-10H2,(H,22,24)(H,26,27)/t15-,17-/m1/s1. The summed E-state index contributed by atoms with van der Waals surface area (Å²) in [5, 5.41) is 12.2. The molecule has 0 aliphatic carbocycles. The molecular formula is C20H17FN2O4. The molecule has 2 amide bonds. The zero-order valence-electron chi connectivity index (χ0n) is 14.3. The van der Waals surface area contributed by atoms with Gasteiger partial charge in [0, 0.05) is 25.1 Å². The van der Waals surface area contributed by atoms with Crippen LogP contribution in [0.4, 0.5) is 10.1 Å². The molecule has 6 nitrogen and oxygen atoms in total. The highest BCUT2D eigenvalue weighted by Gasteiger charge is 2.40. The smallest absolute Gasteiger partial charge is 0.326 e. The van der Waals surface area contributed by atoms with E-state index in [1.165, 1.54) is 23.1 Å². The van der Waals surface area contributed by atoms with Gasteiger partial charge in [0.15, 0.2) is 0 Å². The Balaban J connectivity index is 1.71. The summed E-state index contributed by atoms with van der Waals surface area (Å²) in [5.41, 5.74) is 2.55. The van der Waals surface area contributed by atoms with E-state index in [4.69, 9.17) is 0 Å². The maximum absolute atomic E-state index is 13.5. The minimum absolute atomic E-state index is 0.0953. The van der Waals surface area contributed by atoms with Gasteiger partial charge < -0.3 is 15.3 Å². The minimum atomic E-state index is -1.09. The number of carboxylic acid groups (broad SMARTS) is 1. The van der Waals surface area contributed by atoms with E-state index in [0.29, 0.717) is 5.56 Å². The van der Waals surface area contributed by atoms with Crippen molar-refractivity contribution < 1.29 is 23.9 Å². The molecular weight excluding hydrogens is 351 g/mol. The van der Waals surface area contributed by atoms with Crippen molar-refractivity contribution in [2.75, 3.05) is 5.32 Å². The number of anilines is 1. The number of carboxylic acids is 1. The Morgan fingerprint density at radius 1 is 1.11 bits per heavy atom. The molecule has 0 aromatic heterocycles. The van der Waals surface area contributed by atoms with E-state index in [0.717, 1.165) is 11.1 Å². The fourth-order valence-corrected chi connectivity index (χ4v) is 3.83. The summed E-state index contributed by atoms with van der Waals surface area (Å²) in [5.74, 6) is -3.26. The van der Waals surface area contributed by atoms with E-state index >= 15 is 0 Å². The third kappa shape index (κ3) is 3.05. The largest absolute Gasteiger partial charge is 0.480 e. The van der Waals surface area contributed by atoms with Gasteiger partial charge in [-0.25, -0.2) is 9.18 Å². The van der Waals surface area contributed by atoms with Gasteiger partial charge in [-0.15, -0.1) is 0 Å². The lowest BCUT2D eigenvalue weighted by Gasteiger charge is -2.37. The Morgan fingerprint density at radius 3 is 2.59 bits per heavy atom. The molecule has 0 fully saturated rings. The van der Waals surface area contributed by atoms with Crippen LogP contribution in [-0.2, 0) is 27.3 Å². The Hall–Kier alpha value is -3.22.